The molecule has 0 saturated carbocycles. The van der Waals surface area contributed by atoms with Gasteiger partial charge in [0, 0.05) is 32.4 Å². The maximum absolute atomic E-state index is 12.2. The predicted molar refractivity (Wildman–Crippen MR) is 84.6 cm³/mol. The lowest BCUT2D eigenvalue weighted by atomic mass is 10.2. The second-order valence-corrected chi connectivity index (χ2v) is 5.59. The fraction of sp³-hybridized carbons (Fsp3) is 0.267. The van der Waals surface area contributed by atoms with Crippen LogP contribution in [0.4, 0.5) is 5.82 Å². The van der Waals surface area contributed by atoms with Gasteiger partial charge in [-0.1, -0.05) is 11.6 Å². The van der Waals surface area contributed by atoms with E-state index in [1.54, 1.807) is 11.0 Å². The maximum atomic E-state index is 12.2. The maximum Gasteiger partial charge on any atom is 0.257 e. The van der Waals surface area contributed by atoms with Crippen LogP contribution in [-0.2, 0) is 0 Å². The molecule has 3 rings (SSSR count). The van der Waals surface area contributed by atoms with Crippen LogP contribution in [0.1, 0.15) is 20.7 Å². The molecule has 0 aliphatic carbocycles. The molecule has 0 unspecified atom stereocenters. The Bertz CT molecular complexity index is 724. The molecule has 120 valence electrons. The van der Waals surface area contributed by atoms with E-state index in [1.165, 1.54) is 24.8 Å². The third-order valence-corrected chi connectivity index (χ3v) is 4.02. The highest BCUT2D eigenvalue weighted by Crippen LogP contribution is 2.25. The van der Waals surface area contributed by atoms with Crippen molar-refractivity contribution in [3.8, 4) is 0 Å². The SMILES string of the molecule is NC(=O)c1cnc(N2CCN(C(=O)c3ccoc3)CC2)c(Cl)c1. The molecule has 0 radical (unpaired) electrons. The Kier molecular flexibility index (Phi) is 4.20. The Morgan fingerprint density at radius 1 is 1.22 bits per heavy atom. The van der Waals surface area contributed by atoms with Gasteiger partial charge in [-0.05, 0) is 12.1 Å². The number of hydrogen-bond donors (Lipinski definition) is 1. The number of aromatic nitrogens is 1. The number of furan rings is 1. The zero-order chi connectivity index (χ0) is 16.4. The zero-order valence-electron chi connectivity index (χ0n) is 12.2. The minimum absolute atomic E-state index is 0.0541. The van der Waals surface area contributed by atoms with Crippen LogP contribution in [0.2, 0.25) is 5.02 Å². The molecule has 0 spiro atoms. The van der Waals surface area contributed by atoms with E-state index in [-0.39, 0.29) is 11.5 Å². The highest BCUT2D eigenvalue weighted by Gasteiger charge is 2.24. The number of piperazine rings is 1. The van der Waals surface area contributed by atoms with Gasteiger partial charge >= 0.3 is 0 Å². The molecular formula is C15H15ClN4O3. The molecule has 3 heterocycles. The third-order valence-electron chi connectivity index (χ3n) is 3.74. The minimum atomic E-state index is -0.568. The number of nitrogens with two attached hydrogens (primary N) is 1. The van der Waals surface area contributed by atoms with Crippen molar-refractivity contribution in [1.29, 1.82) is 0 Å². The van der Waals surface area contributed by atoms with Gasteiger partial charge in [0.25, 0.3) is 5.91 Å². The molecule has 1 aliphatic rings. The molecule has 1 aliphatic heterocycles. The third kappa shape index (κ3) is 3.14. The Morgan fingerprint density at radius 3 is 2.52 bits per heavy atom. The van der Waals surface area contributed by atoms with Crippen molar-refractivity contribution < 1.29 is 14.0 Å². The van der Waals surface area contributed by atoms with Crippen LogP contribution in [0.3, 0.4) is 0 Å². The number of pyridine rings is 1. The van der Waals surface area contributed by atoms with Crippen molar-refractivity contribution in [2.45, 2.75) is 0 Å². The molecule has 2 N–H and O–H groups in total. The number of anilines is 1. The molecule has 8 heteroatoms. The number of halogens is 1. The van der Waals surface area contributed by atoms with Gasteiger partial charge in [0.15, 0.2) is 0 Å². The van der Waals surface area contributed by atoms with Crippen LogP contribution >= 0.6 is 11.6 Å². The van der Waals surface area contributed by atoms with Gasteiger partial charge in [-0.15, -0.1) is 0 Å². The smallest absolute Gasteiger partial charge is 0.257 e. The monoisotopic (exact) mass is 334 g/mol. The van der Waals surface area contributed by atoms with E-state index in [4.69, 9.17) is 21.8 Å². The quantitative estimate of drug-likeness (QED) is 0.915. The fourth-order valence-corrected chi connectivity index (χ4v) is 2.77. The Morgan fingerprint density at radius 2 is 1.96 bits per heavy atom. The van der Waals surface area contributed by atoms with Crippen LogP contribution in [0.15, 0.2) is 35.3 Å². The summed E-state index contributed by atoms with van der Waals surface area (Å²) in [5.74, 6) is -0.0323. The minimum Gasteiger partial charge on any atom is -0.472 e. The molecule has 2 aromatic heterocycles. The first-order valence-corrected chi connectivity index (χ1v) is 7.46. The van der Waals surface area contributed by atoms with Crippen molar-refractivity contribution in [2.24, 2.45) is 5.73 Å². The summed E-state index contributed by atoms with van der Waals surface area (Å²) in [6, 6.07) is 3.16. The van der Waals surface area contributed by atoms with Gasteiger partial charge in [-0.3, -0.25) is 9.59 Å². The van der Waals surface area contributed by atoms with Crippen LogP contribution in [0.5, 0.6) is 0 Å². The molecule has 2 aromatic rings. The summed E-state index contributed by atoms with van der Waals surface area (Å²) in [4.78, 5) is 31.3. The predicted octanol–water partition coefficient (Wildman–Crippen LogP) is 1.39. The largest absolute Gasteiger partial charge is 0.472 e. The highest BCUT2D eigenvalue weighted by atomic mass is 35.5. The number of carbonyl (C=O) groups is 2. The van der Waals surface area contributed by atoms with Crippen molar-refractivity contribution in [1.82, 2.24) is 9.88 Å². The van der Waals surface area contributed by atoms with E-state index in [2.05, 4.69) is 4.98 Å². The van der Waals surface area contributed by atoms with E-state index in [0.29, 0.717) is 42.6 Å². The number of amides is 2. The summed E-state index contributed by atoms with van der Waals surface area (Å²) in [5, 5.41) is 0.371. The summed E-state index contributed by atoms with van der Waals surface area (Å²) in [6.45, 7) is 2.32. The molecule has 1 fully saturated rings. The van der Waals surface area contributed by atoms with Gasteiger partial charge in [-0.2, -0.15) is 0 Å². The van der Waals surface area contributed by atoms with E-state index < -0.39 is 5.91 Å². The first-order chi connectivity index (χ1) is 11.1. The second-order valence-electron chi connectivity index (χ2n) is 5.18. The molecular weight excluding hydrogens is 320 g/mol. The Labute approximate surface area is 137 Å². The van der Waals surface area contributed by atoms with E-state index in [1.807, 2.05) is 4.90 Å². The number of rotatable bonds is 3. The fourth-order valence-electron chi connectivity index (χ4n) is 2.49. The molecule has 0 aromatic carbocycles. The van der Waals surface area contributed by atoms with Gasteiger partial charge < -0.3 is 20.0 Å². The topological polar surface area (TPSA) is 92.7 Å². The van der Waals surface area contributed by atoms with Crippen molar-refractivity contribution in [3.05, 3.63) is 47.0 Å². The molecule has 0 atom stereocenters. The normalized spacial score (nSPS) is 14.8. The van der Waals surface area contributed by atoms with Gasteiger partial charge in [-0.25, -0.2) is 4.98 Å². The van der Waals surface area contributed by atoms with Crippen LogP contribution in [-0.4, -0.2) is 47.9 Å². The summed E-state index contributed by atoms with van der Waals surface area (Å²) < 4.78 is 4.94. The average Bonchev–Trinajstić information content (AvgIpc) is 3.08. The number of nitrogens with zero attached hydrogens (tertiary/aromatic N) is 3. The molecule has 23 heavy (non-hydrogen) atoms. The highest BCUT2D eigenvalue weighted by molar-refractivity contribution is 6.33. The van der Waals surface area contributed by atoms with Crippen LogP contribution in [0.25, 0.3) is 0 Å². The Balaban J connectivity index is 1.67. The Hall–Kier alpha value is -2.54. The standard InChI is InChI=1S/C15H15ClN4O3/c16-12-7-11(13(17)21)8-18-14(12)19-2-4-20(5-3-19)15(22)10-1-6-23-9-10/h1,6-9H,2-5H2,(H2,17,21). The number of hydrogen-bond acceptors (Lipinski definition) is 5. The second kappa shape index (κ2) is 6.29. The van der Waals surface area contributed by atoms with E-state index in [9.17, 15) is 9.59 Å². The van der Waals surface area contributed by atoms with Gasteiger partial charge in [0.2, 0.25) is 5.91 Å². The van der Waals surface area contributed by atoms with Crippen LogP contribution in [0, 0.1) is 0 Å². The summed E-state index contributed by atoms with van der Waals surface area (Å²) in [7, 11) is 0. The first-order valence-electron chi connectivity index (χ1n) is 7.08. The van der Waals surface area contributed by atoms with Crippen molar-refractivity contribution >= 4 is 29.2 Å². The van der Waals surface area contributed by atoms with E-state index >= 15 is 0 Å². The molecule has 1 saturated heterocycles. The lowest BCUT2D eigenvalue weighted by molar-refractivity contribution is 0.0745. The van der Waals surface area contributed by atoms with Crippen LogP contribution < -0.4 is 10.6 Å². The lowest BCUT2D eigenvalue weighted by Crippen LogP contribution is -2.49. The molecule has 0 bridgehead atoms. The van der Waals surface area contributed by atoms with Crippen molar-refractivity contribution in [2.75, 3.05) is 31.1 Å². The van der Waals surface area contributed by atoms with E-state index in [0.717, 1.165) is 0 Å². The van der Waals surface area contributed by atoms with Gasteiger partial charge in [0.05, 0.1) is 22.4 Å². The molecule has 7 nitrogen and oxygen atoms in total. The number of carbonyl (C=O) groups excluding carboxylic acids is 2. The van der Waals surface area contributed by atoms with Crippen molar-refractivity contribution in [3.63, 3.8) is 0 Å². The number of primary amides is 1. The molecule has 2 amide bonds. The zero-order valence-corrected chi connectivity index (χ0v) is 13.0. The first kappa shape index (κ1) is 15.4. The lowest BCUT2D eigenvalue weighted by Gasteiger charge is -2.35. The summed E-state index contributed by atoms with van der Waals surface area (Å²) >= 11 is 6.18. The summed E-state index contributed by atoms with van der Waals surface area (Å²) in [6.07, 6.45) is 4.33. The summed E-state index contributed by atoms with van der Waals surface area (Å²) in [5.41, 5.74) is 6.02. The average molecular weight is 335 g/mol. The van der Waals surface area contributed by atoms with Gasteiger partial charge in [0.1, 0.15) is 12.1 Å².